The van der Waals surface area contributed by atoms with Gasteiger partial charge in [-0.25, -0.2) is 9.97 Å². The van der Waals surface area contributed by atoms with Crippen LogP contribution in [0.15, 0.2) is 55.1 Å². The molecular formula is C16H16N6O. The third-order valence-corrected chi connectivity index (χ3v) is 3.48. The second kappa shape index (κ2) is 6.27. The molecule has 7 heteroatoms. The maximum absolute atomic E-state index is 12.2. The summed E-state index contributed by atoms with van der Waals surface area (Å²) in [6.45, 7) is 2.04. The lowest BCUT2D eigenvalue weighted by Crippen LogP contribution is -2.16. The number of nitrogens with two attached hydrogens (primary N) is 1. The normalized spacial score (nSPS) is 11.9. The quantitative estimate of drug-likeness (QED) is 0.769. The molecule has 1 aromatic carbocycles. The van der Waals surface area contributed by atoms with Crippen LogP contribution in [-0.2, 0) is 0 Å². The summed E-state index contributed by atoms with van der Waals surface area (Å²) < 4.78 is 1.78. The Balaban J connectivity index is 1.75. The highest BCUT2D eigenvalue weighted by atomic mass is 16.1. The van der Waals surface area contributed by atoms with Crippen molar-refractivity contribution in [2.24, 2.45) is 0 Å². The first-order chi connectivity index (χ1) is 11.1. The molecule has 2 heterocycles. The largest absolute Gasteiger partial charge is 0.382 e. The topological polar surface area (TPSA) is 98.7 Å². The number of aromatic nitrogens is 4. The number of carbonyl (C=O) groups excluding carboxylic acids is 1. The molecule has 3 rings (SSSR count). The van der Waals surface area contributed by atoms with E-state index in [2.05, 4.69) is 20.4 Å². The molecule has 0 radical (unpaired) electrons. The zero-order valence-corrected chi connectivity index (χ0v) is 12.5. The van der Waals surface area contributed by atoms with Crippen molar-refractivity contribution in [3.63, 3.8) is 0 Å². The van der Waals surface area contributed by atoms with Crippen LogP contribution in [0.25, 0.3) is 0 Å². The van der Waals surface area contributed by atoms with E-state index in [9.17, 15) is 4.79 Å². The number of anilines is 2. The summed E-state index contributed by atoms with van der Waals surface area (Å²) in [4.78, 5) is 19.9. The number of benzene rings is 1. The van der Waals surface area contributed by atoms with Gasteiger partial charge < -0.3 is 11.1 Å². The Morgan fingerprint density at radius 3 is 2.70 bits per heavy atom. The molecule has 0 aliphatic rings. The molecule has 7 nitrogen and oxygen atoms in total. The lowest BCUT2D eigenvalue weighted by atomic mass is 10.1. The minimum absolute atomic E-state index is 0.0587. The van der Waals surface area contributed by atoms with Gasteiger partial charge in [0, 0.05) is 18.6 Å². The van der Waals surface area contributed by atoms with Crippen LogP contribution in [0.2, 0.25) is 0 Å². The molecule has 0 aliphatic heterocycles. The van der Waals surface area contributed by atoms with Crippen molar-refractivity contribution >= 4 is 17.4 Å². The van der Waals surface area contributed by atoms with Gasteiger partial charge in [0.25, 0.3) is 5.91 Å². The Labute approximate surface area is 133 Å². The number of nitrogens with one attached hydrogen (secondary N) is 1. The van der Waals surface area contributed by atoms with Crippen LogP contribution >= 0.6 is 0 Å². The van der Waals surface area contributed by atoms with Crippen molar-refractivity contribution < 1.29 is 4.79 Å². The third kappa shape index (κ3) is 3.18. The molecule has 0 fully saturated rings. The highest BCUT2D eigenvalue weighted by Crippen LogP contribution is 2.19. The molecule has 3 aromatic rings. The number of rotatable bonds is 4. The Bertz CT molecular complexity index is 814. The molecule has 0 bridgehead atoms. The van der Waals surface area contributed by atoms with E-state index in [4.69, 9.17) is 5.73 Å². The molecule has 23 heavy (non-hydrogen) atoms. The SMILES string of the molecule is CC(c1ccccc1)n1cc(NC(=O)c2nccnc2N)cn1. The van der Waals surface area contributed by atoms with Crippen molar-refractivity contribution in [1.82, 2.24) is 19.7 Å². The van der Waals surface area contributed by atoms with Crippen molar-refractivity contribution in [3.8, 4) is 0 Å². The van der Waals surface area contributed by atoms with Gasteiger partial charge in [0.2, 0.25) is 0 Å². The zero-order chi connectivity index (χ0) is 16.2. The van der Waals surface area contributed by atoms with Crippen molar-refractivity contribution in [2.45, 2.75) is 13.0 Å². The van der Waals surface area contributed by atoms with Gasteiger partial charge in [-0.3, -0.25) is 9.48 Å². The molecule has 0 spiro atoms. The van der Waals surface area contributed by atoms with Crippen LogP contribution < -0.4 is 11.1 Å². The standard InChI is InChI=1S/C16H16N6O/c1-11(12-5-3-2-4-6-12)22-10-13(9-20-22)21-16(23)14-15(17)19-8-7-18-14/h2-11H,1H3,(H2,17,19)(H,21,23). The molecule has 0 saturated carbocycles. The summed E-state index contributed by atoms with van der Waals surface area (Å²) in [6, 6.07) is 10.1. The minimum Gasteiger partial charge on any atom is -0.382 e. The van der Waals surface area contributed by atoms with E-state index < -0.39 is 5.91 Å². The number of carbonyl (C=O) groups is 1. The maximum atomic E-state index is 12.2. The van der Waals surface area contributed by atoms with Crippen LogP contribution in [0.3, 0.4) is 0 Å². The summed E-state index contributed by atoms with van der Waals surface area (Å²) in [5.74, 6) is -0.322. The predicted octanol–water partition coefficient (Wildman–Crippen LogP) is 2.12. The highest BCUT2D eigenvalue weighted by molar-refractivity contribution is 6.05. The number of nitrogen functional groups attached to an aromatic ring is 1. The Kier molecular flexibility index (Phi) is 4.01. The van der Waals surface area contributed by atoms with Crippen molar-refractivity contribution in [3.05, 3.63) is 66.4 Å². The van der Waals surface area contributed by atoms with Gasteiger partial charge in [0.15, 0.2) is 11.5 Å². The van der Waals surface area contributed by atoms with Crippen molar-refractivity contribution in [2.75, 3.05) is 11.1 Å². The zero-order valence-electron chi connectivity index (χ0n) is 12.5. The summed E-state index contributed by atoms with van der Waals surface area (Å²) >= 11 is 0. The summed E-state index contributed by atoms with van der Waals surface area (Å²) in [5, 5.41) is 7.02. The van der Waals surface area contributed by atoms with Gasteiger partial charge in [-0.2, -0.15) is 5.10 Å². The highest BCUT2D eigenvalue weighted by Gasteiger charge is 2.14. The summed E-state index contributed by atoms with van der Waals surface area (Å²) in [5.41, 5.74) is 7.45. The van der Waals surface area contributed by atoms with E-state index >= 15 is 0 Å². The van der Waals surface area contributed by atoms with Crippen LogP contribution in [0.4, 0.5) is 11.5 Å². The average Bonchev–Trinajstić information content (AvgIpc) is 3.03. The lowest BCUT2D eigenvalue weighted by molar-refractivity contribution is 0.102. The molecule has 116 valence electrons. The first-order valence-corrected chi connectivity index (χ1v) is 7.12. The molecule has 0 aliphatic carbocycles. The average molecular weight is 308 g/mol. The molecule has 1 atom stereocenters. The van der Waals surface area contributed by atoms with Gasteiger partial charge >= 0.3 is 0 Å². The van der Waals surface area contributed by atoms with E-state index in [-0.39, 0.29) is 17.6 Å². The van der Waals surface area contributed by atoms with E-state index in [1.54, 1.807) is 17.1 Å². The molecular weight excluding hydrogens is 292 g/mol. The fourth-order valence-electron chi connectivity index (χ4n) is 2.21. The Hall–Kier alpha value is -3.22. The number of nitrogens with zero attached hydrogens (tertiary/aromatic N) is 4. The van der Waals surface area contributed by atoms with Crippen LogP contribution in [-0.4, -0.2) is 25.7 Å². The first kappa shape index (κ1) is 14.7. The van der Waals surface area contributed by atoms with E-state index in [1.165, 1.54) is 12.4 Å². The second-order valence-electron chi connectivity index (χ2n) is 5.04. The van der Waals surface area contributed by atoms with E-state index in [0.29, 0.717) is 5.69 Å². The number of hydrogen-bond acceptors (Lipinski definition) is 5. The van der Waals surface area contributed by atoms with Gasteiger partial charge in [0.1, 0.15) is 0 Å². The van der Waals surface area contributed by atoms with E-state index in [0.717, 1.165) is 5.56 Å². The predicted molar refractivity (Wildman–Crippen MR) is 86.9 cm³/mol. The summed E-state index contributed by atoms with van der Waals surface area (Å²) in [7, 11) is 0. The van der Waals surface area contributed by atoms with E-state index in [1.807, 2.05) is 37.3 Å². The smallest absolute Gasteiger partial charge is 0.278 e. The molecule has 0 saturated heterocycles. The maximum Gasteiger partial charge on any atom is 0.278 e. The monoisotopic (exact) mass is 308 g/mol. The van der Waals surface area contributed by atoms with Gasteiger partial charge in [-0.05, 0) is 12.5 Å². The second-order valence-corrected chi connectivity index (χ2v) is 5.04. The van der Waals surface area contributed by atoms with Crippen LogP contribution in [0.5, 0.6) is 0 Å². The van der Waals surface area contributed by atoms with Crippen LogP contribution in [0, 0.1) is 0 Å². The summed E-state index contributed by atoms with van der Waals surface area (Å²) in [6.07, 6.45) is 6.21. The van der Waals surface area contributed by atoms with Gasteiger partial charge in [-0.1, -0.05) is 30.3 Å². The molecule has 1 amide bonds. The Morgan fingerprint density at radius 2 is 1.96 bits per heavy atom. The Morgan fingerprint density at radius 1 is 1.22 bits per heavy atom. The molecule has 3 N–H and O–H groups in total. The van der Waals surface area contributed by atoms with Crippen LogP contribution in [0.1, 0.15) is 29.0 Å². The molecule has 1 unspecified atom stereocenters. The third-order valence-electron chi connectivity index (χ3n) is 3.48. The fourth-order valence-corrected chi connectivity index (χ4v) is 2.21. The number of hydrogen-bond donors (Lipinski definition) is 2. The fraction of sp³-hybridized carbons (Fsp3) is 0.125. The molecule has 2 aromatic heterocycles. The minimum atomic E-state index is -0.414. The lowest BCUT2D eigenvalue weighted by Gasteiger charge is -2.12. The first-order valence-electron chi connectivity index (χ1n) is 7.12. The van der Waals surface area contributed by atoms with Gasteiger partial charge in [-0.15, -0.1) is 0 Å². The number of amides is 1. The van der Waals surface area contributed by atoms with Crippen molar-refractivity contribution in [1.29, 1.82) is 0 Å². The van der Waals surface area contributed by atoms with Gasteiger partial charge in [0.05, 0.1) is 17.9 Å².